The molecular weight excluding hydrogens is 460 g/mol. The van der Waals surface area contributed by atoms with Crippen molar-refractivity contribution in [2.75, 3.05) is 23.9 Å². The largest absolute Gasteiger partial charge is 0.378 e. The molecule has 3 aromatic rings. The number of amides is 4. The van der Waals surface area contributed by atoms with Gasteiger partial charge in [-0.3, -0.25) is 14.9 Å². The number of rotatable bonds is 4. The van der Waals surface area contributed by atoms with Gasteiger partial charge in [0.1, 0.15) is 5.57 Å². The van der Waals surface area contributed by atoms with Gasteiger partial charge in [-0.25, -0.2) is 9.69 Å². The Morgan fingerprint density at radius 3 is 2.35 bits per heavy atom. The van der Waals surface area contributed by atoms with E-state index in [1.165, 1.54) is 6.08 Å². The molecule has 0 unspecified atom stereocenters. The van der Waals surface area contributed by atoms with Crippen molar-refractivity contribution < 1.29 is 14.4 Å². The van der Waals surface area contributed by atoms with Crippen LogP contribution < -0.4 is 15.1 Å². The molecule has 1 saturated heterocycles. The second-order valence-electron chi connectivity index (χ2n) is 7.15. The molecule has 156 valence electrons. The van der Waals surface area contributed by atoms with E-state index in [9.17, 15) is 14.4 Å². The van der Waals surface area contributed by atoms with E-state index >= 15 is 0 Å². The topological polar surface area (TPSA) is 74.7 Å². The molecule has 0 saturated carbocycles. The number of aromatic nitrogens is 1. The van der Waals surface area contributed by atoms with Gasteiger partial charge in [0.15, 0.2) is 0 Å². The number of carbonyl (C=O) groups excluding carboxylic acids is 3. The quantitative estimate of drug-likeness (QED) is 0.454. The van der Waals surface area contributed by atoms with Gasteiger partial charge in [0.2, 0.25) is 0 Å². The molecular formula is C23H19BrN4O3. The molecule has 1 aliphatic rings. The first-order valence-corrected chi connectivity index (χ1v) is 10.3. The van der Waals surface area contributed by atoms with Gasteiger partial charge in [0.25, 0.3) is 11.8 Å². The lowest BCUT2D eigenvalue weighted by atomic mass is 10.1. The summed E-state index contributed by atoms with van der Waals surface area (Å²) in [6.45, 7) is 0. The molecule has 0 bridgehead atoms. The van der Waals surface area contributed by atoms with Crippen molar-refractivity contribution in [1.82, 2.24) is 9.88 Å². The minimum Gasteiger partial charge on any atom is -0.378 e. The average molecular weight is 479 g/mol. The van der Waals surface area contributed by atoms with Crippen LogP contribution in [0.15, 0.2) is 76.9 Å². The van der Waals surface area contributed by atoms with Crippen LogP contribution in [0.5, 0.6) is 0 Å². The summed E-state index contributed by atoms with van der Waals surface area (Å²) in [5.74, 6) is -1.40. The zero-order valence-corrected chi connectivity index (χ0v) is 18.5. The minimum absolute atomic E-state index is 0.121. The number of hydrogen-bond acceptors (Lipinski definition) is 4. The number of barbiturate groups is 1. The smallest absolute Gasteiger partial charge is 0.335 e. The summed E-state index contributed by atoms with van der Waals surface area (Å²) in [5.41, 5.74) is 2.82. The molecule has 1 N–H and O–H groups in total. The summed E-state index contributed by atoms with van der Waals surface area (Å²) in [4.78, 5) is 40.9. The number of halogens is 1. The number of hydrogen-bond donors (Lipinski definition) is 1. The van der Waals surface area contributed by atoms with E-state index in [0.717, 1.165) is 16.3 Å². The fraction of sp³-hybridized carbons (Fsp3) is 0.0870. The zero-order chi connectivity index (χ0) is 22.1. The van der Waals surface area contributed by atoms with Crippen LogP contribution in [0.4, 0.5) is 16.2 Å². The van der Waals surface area contributed by atoms with E-state index in [0.29, 0.717) is 15.9 Å². The molecule has 1 aliphatic heterocycles. The summed E-state index contributed by atoms with van der Waals surface area (Å²) in [5, 5.41) is 2.25. The van der Waals surface area contributed by atoms with E-state index < -0.39 is 17.8 Å². The molecule has 31 heavy (non-hydrogen) atoms. The monoisotopic (exact) mass is 478 g/mol. The third-order valence-electron chi connectivity index (χ3n) is 4.88. The number of urea groups is 1. The number of benzene rings is 2. The first kappa shape index (κ1) is 20.6. The molecule has 2 aromatic carbocycles. The van der Waals surface area contributed by atoms with E-state index in [1.807, 2.05) is 60.1 Å². The number of nitrogens with one attached hydrogen (secondary N) is 1. The van der Waals surface area contributed by atoms with Gasteiger partial charge in [-0.15, -0.1) is 0 Å². The lowest BCUT2D eigenvalue weighted by molar-refractivity contribution is -0.122. The molecule has 0 radical (unpaired) electrons. The molecule has 1 aromatic heterocycles. The van der Waals surface area contributed by atoms with Gasteiger partial charge in [0.05, 0.1) is 5.69 Å². The standard InChI is InChI=1S/C23H19BrN4O3/c1-26(2)16-8-10-17(11-9-16)27-12-4-7-18(27)14-20-21(29)25-23(31)28(22(20)30)19-6-3-5-15(24)13-19/h3-14H,1-2H3,(H,25,29,31). The molecule has 0 atom stereocenters. The van der Waals surface area contributed by atoms with Crippen LogP contribution in [0.25, 0.3) is 11.8 Å². The molecule has 4 amide bonds. The van der Waals surface area contributed by atoms with Crippen LogP contribution in [0.1, 0.15) is 5.69 Å². The van der Waals surface area contributed by atoms with E-state index in [2.05, 4.69) is 21.2 Å². The predicted octanol–water partition coefficient (Wildman–Crippen LogP) is 3.97. The van der Waals surface area contributed by atoms with Crippen molar-refractivity contribution in [3.63, 3.8) is 0 Å². The van der Waals surface area contributed by atoms with Gasteiger partial charge in [-0.2, -0.15) is 0 Å². The Bertz CT molecular complexity index is 1210. The number of carbonyl (C=O) groups is 3. The van der Waals surface area contributed by atoms with Gasteiger partial charge < -0.3 is 9.47 Å². The number of anilines is 2. The predicted molar refractivity (Wildman–Crippen MR) is 123 cm³/mol. The second kappa shape index (κ2) is 8.23. The fourth-order valence-electron chi connectivity index (χ4n) is 3.31. The lowest BCUT2D eigenvalue weighted by Gasteiger charge is -2.26. The normalized spacial score (nSPS) is 15.4. The van der Waals surface area contributed by atoms with Gasteiger partial charge in [-0.05, 0) is 60.7 Å². The maximum Gasteiger partial charge on any atom is 0.335 e. The highest BCUT2D eigenvalue weighted by Crippen LogP contribution is 2.25. The van der Waals surface area contributed by atoms with Crippen LogP contribution in [0.2, 0.25) is 0 Å². The highest BCUT2D eigenvalue weighted by molar-refractivity contribution is 9.10. The number of imide groups is 2. The van der Waals surface area contributed by atoms with Crippen LogP contribution in [0, 0.1) is 0 Å². The molecule has 4 rings (SSSR count). The van der Waals surface area contributed by atoms with Crippen molar-refractivity contribution in [1.29, 1.82) is 0 Å². The summed E-state index contributed by atoms with van der Waals surface area (Å²) < 4.78 is 2.58. The molecule has 0 spiro atoms. The Morgan fingerprint density at radius 1 is 0.935 bits per heavy atom. The Balaban J connectivity index is 1.71. The second-order valence-corrected chi connectivity index (χ2v) is 8.07. The SMILES string of the molecule is CN(C)c1ccc(-n2cccc2C=C2C(=O)NC(=O)N(c3cccc(Br)c3)C2=O)cc1. The van der Waals surface area contributed by atoms with Crippen LogP contribution >= 0.6 is 15.9 Å². The van der Waals surface area contributed by atoms with Crippen molar-refractivity contribution in [2.24, 2.45) is 0 Å². The average Bonchev–Trinajstić information content (AvgIpc) is 3.19. The Labute approximate surface area is 187 Å². The highest BCUT2D eigenvalue weighted by Gasteiger charge is 2.37. The first-order chi connectivity index (χ1) is 14.8. The van der Waals surface area contributed by atoms with E-state index in [-0.39, 0.29) is 5.57 Å². The Kier molecular flexibility index (Phi) is 5.48. The van der Waals surface area contributed by atoms with E-state index in [4.69, 9.17) is 0 Å². The van der Waals surface area contributed by atoms with Gasteiger partial charge in [0, 0.05) is 41.8 Å². The van der Waals surface area contributed by atoms with Gasteiger partial charge in [-0.1, -0.05) is 22.0 Å². The fourth-order valence-corrected chi connectivity index (χ4v) is 3.70. The van der Waals surface area contributed by atoms with Crippen molar-refractivity contribution in [3.05, 3.63) is 82.6 Å². The van der Waals surface area contributed by atoms with Crippen molar-refractivity contribution in [2.45, 2.75) is 0 Å². The summed E-state index contributed by atoms with van der Waals surface area (Å²) >= 11 is 3.34. The van der Waals surface area contributed by atoms with Gasteiger partial charge >= 0.3 is 6.03 Å². The third kappa shape index (κ3) is 4.02. The third-order valence-corrected chi connectivity index (χ3v) is 5.38. The first-order valence-electron chi connectivity index (χ1n) is 9.47. The number of nitrogens with zero attached hydrogens (tertiary/aromatic N) is 3. The minimum atomic E-state index is -0.778. The Hall–Kier alpha value is -3.65. The summed E-state index contributed by atoms with van der Waals surface area (Å²) in [6, 6.07) is 17.5. The molecule has 8 heteroatoms. The van der Waals surface area contributed by atoms with Crippen LogP contribution in [-0.2, 0) is 9.59 Å². The Morgan fingerprint density at radius 2 is 1.68 bits per heavy atom. The molecule has 7 nitrogen and oxygen atoms in total. The van der Waals surface area contributed by atoms with E-state index in [1.54, 1.807) is 30.3 Å². The molecule has 2 heterocycles. The summed E-state index contributed by atoms with van der Waals surface area (Å²) in [7, 11) is 3.93. The maximum atomic E-state index is 13.1. The van der Waals surface area contributed by atoms with Crippen LogP contribution in [-0.4, -0.2) is 36.5 Å². The highest BCUT2D eigenvalue weighted by atomic mass is 79.9. The van der Waals surface area contributed by atoms with Crippen molar-refractivity contribution in [3.8, 4) is 5.69 Å². The molecule has 0 aliphatic carbocycles. The summed E-state index contributed by atoms with van der Waals surface area (Å²) in [6.07, 6.45) is 3.34. The van der Waals surface area contributed by atoms with Crippen molar-refractivity contribution >= 4 is 51.2 Å². The zero-order valence-electron chi connectivity index (χ0n) is 16.9. The lowest BCUT2D eigenvalue weighted by Crippen LogP contribution is -2.54. The van der Waals surface area contributed by atoms with Crippen LogP contribution in [0.3, 0.4) is 0 Å². The maximum absolute atomic E-state index is 13.1. The molecule has 1 fully saturated rings.